The van der Waals surface area contributed by atoms with Crippen molar-refractivity contribution in [3.63, 3.8) is 0 Å². The normalized spacial score (nSPS) is 12.7. The molecule has 0 saturated carbocycles. The Morgan fingerprint density at radius 3 is 2.48 bits per heavy atom. The van der Waals surface area contributed by atoms with Gasteiger partial charge in [-0.25, -0.2) is 8.78 Å². The number of thiazole rings is 1. The minimum atomic E-state index is -4.05. The van der Waals surface area contributed by atoms with Crippen LogP contribution in [0.2, 0.25) is 0 Å². The maximum Gasteiger partial charge on any atom is 0.285 e. The topological polar surface area (TPSA) is 69.9 Å². The van der Waals surface area contributed by atoms with Crippen LogP contribution in [0.5, 0.6) is 5.75 Å². The van der Waals surface area contributed by atoms with E-state index in [1.807, 2.05) is 0 Å². The largest absolute Gasteiger partial charge is 0.497 e. The highest BCUT2D eigenvalue weighted by Crippen LogP contribution is 2.23. The number of halogens is 2. The van der Waals surface area contributed by atoms with Gasteiger partial charge in [0.1, 0.15) is 11.6 Å². The maximum absolute atomic E-state index is 14.3. The SMILES string of the molecule is COCCn1c(=NS(=O)(=O)c2ccc(OC)cc2)sc2cc(F)cc(F)c21. The molecule has 10 heteroatoms. The Bertz CT molecular complexity index is 1140. The van der Waals surface area contributed by atoms with E-state index in [1.54, 1.807) is 0 Å². The lowest BCUT2D eigenvalue weighted by atomic mass is 10.3. The number of fused-ring (bicyclic) bond motifs is 1. The van der Waals surface area contributed by atoms with E-state index in [9.17, 15) is 17.2 Å². The summed E-state index contributed by atoms with van der Waals surface area (Å²) in [6.45, 7) is 0.369. The molecule has 3 rings (SSSR count). The van der Waals surface area contributed by atoms with E-state index in [0.717, 1.165) is 23.5 Å². The van der Waals surface area contributed by atoms with Crippen molar-refractivity contribution in [2.24, 2.45) is 4.40 Å². The molecule has 0 amide bonds. The molecule has 0 radical (unpaired) electrons. The lowest BCUT2D eigenvalue weighted by Gasteiger charge is -2.05. The molecule has 0 N–H and O–H groups in total. The van der Waals surface area contributed by atoms with Gasteiger partial charge in [0.25, 0.3) is 10.0 Å². The second kappa shape index (κ2) is 7.75. The van der Waals surface area contributed by atoms with Gasteiger partial charge in [0.05, 0.1) is 28.8 Å². The van der Waals surface area contributed by atoms with Gasteiger partial charge in [0.2, 0.25) is 4.80 Å². The van der Waals surface area contributed by atoms with Crippen LogP contribution in [0, 0.1) is 11.6 Å². The number of ether oxygens (including phenoxy) is 2. The number of benzene rings is 2. The number of rotatable bonds is 6. The van der Waals surface area contributed by atoms with Crippen molar-refractivity contribution >= 4 is 31.6 Å². The summed E-state index contributed by atoms with van der Waals surface area (Å²) in [5, 5.41) is 0. The molecule has 144 valence electrons. The standard InChI is InChI=1S/C17H16F2N2O4S2/c1-24-8-7-21-16-14(19)9-11(18)10-15(16)26-17(21)20-27(22,23)13-5-3-12(25-2)4-6-13/h3-6,9-10H,7-8H2,1-2H3. The first-order chi connectivity index (χ1) is 12.9. The molecule has 0 fully saturated rings. The molecule has 0 saturated heterocycles. The fourth-order valence-corrected chi connectivity index (χ4v) is 4.79. The van der Waals surface area contributed by atoms with Crippen LogP contribution in [-0.2, 0) is 21.3 Å². The Balaban J connectivity index is 2.20. The zero-order valence-electron chi connectivity index (χ0n) is 14.5. The second-order valence-corrected chi connectivity index (χ2v) is 8.12. The van der Waals surface area contributed by atoms with Crippen LogP contribution in [-0.4, -0.2) is 33.8 Å². The van der Waals surface area contributed by atoms with Crippen molar-refractivity contribution in [1.29, 1.82) is 0 Å². The molecule has 2 aromatic carbocycles. The first-order valence-electron chi connectivity index (χ1n) is 7.78. The minimum Gasteiger partial charge on any atom is -0.497 e. The number of aromatic nitrogens is 1. The van der Waals surface area contributed by atoms with Crippen LogP contribution in [0.3, 0.4) is 0 Å². The van der Waals surface area contributed by atoms with E-state index >= 15 is 0 Å². The van der Waals surface area contributed by atoms with Crippen molar-refractivity contribution < 1.29 is 26.7 Å². The molecule has 1 heterocycles. The maximum atomic E-state index is 14.3. The molecule has 0 aliphatic carbocycles. The Labute approximate surface area is 158 Å². The fourth-order valence-electron chi connectivity index (χ4n) is 2.49. The molecule has 3 aromatic rings. The summed E-state index contributed by atoms with van der Waals surface area (Å²) in [6.07, 6.45) is 0. The summed E-state index contributed by atoms with van der Waals surface area (Å²) >= 11 is 0.889. The molecule has 6 nitrogen and oxygen atoms in total. The highest BCUT2D eigenvalue weighted by atomic mass is 32.2. The second-order valence-electron chi connectivity index (χ2n) is 5.51. The molecule has 0 spiro atoms. The molecule has 0 unspecified atom stereocenters. The van der Waals surface area contributed by atoms with Crippen LogP contribution >= 0.6 is 11.3 Å². The van der Waals surface area contributed by atoms with Gasteiger partial charge in [0.15, 0.2) is 5.82 Å². The molecular weight excluding hydrogens is 398 g/mol. The number of hydrogen-bond donors (Lipinski definition) is 0. The third-order valence-electron chi connectivity index (χ3n) is 3.77. The Hall–Kier alpha value is -2.30. The summed E-state index contributed by atoms with van der Waals surface area (Å²) in [5.41, 5.74) is 0.0853. The number of sulfonamides is 1. The third-order valence-corrected chi connectivity index (χ3v) is 6.19. The van der Waals surface area contributed by atoms with Crippen molar-refractivity contribution in [3.05, 3.63) is 52.8 Å². The smallest absolute Gasteiger partial charge is 0.285 e. The number of hydrogen-bond acceptors (Lipinski definition) is 5. The van der Waals surface area contributed by atoms with Gasteiger partial charge < -0.3 is 14.0 Å². The molecule has 1 aromatic heterocycles. The van der Waals surface area contributed by atoms with Crippen LogP contribution in [0.25, 0.3) is 10.2 Å². The molecule has 0 atom stereocenters. The van der Waals surface area contributed by atoms with Gasteiger partial charge in [-0.3, -0.25) is 0 Å². The Morgan fingerprint density at radius 2 is 1.85 bits per heavy atom. The lowest BCUT2D eigenvalue weighted by Crippen LogP contribution is -2.20. The highest BCUT2D eigenvalue weighted by Gasteiger charge is 2.17. The first kappa shape index (κ1) is 19.5. The first-order valence-corrected chi connectivity index (χ1v) is 10.0. The van der Waals surface area contributed by atoms with Crippen LogP contribution in [0.15, 0.2) is 45.7 Å². The van der Waals surface area contributed by atoms with Crippen molar-refractivity contribution in [3.8, 4) is 5.75 Å². The van der Waals surface area contributed by atoms with Gasteiger partial charge in [-0.15, -0.1) is 4.40 Å². The summed E-state index contributed by atoms with van der Waals surface area (Å²) in [6, 6.07) is 7.63. The van der Waals surface area contributed by atoms with Crippen molar-refractivity contribution in [2.75, 3.05) is 20.8 Å². The third kappa shape index (κ3) is 4.02. The van der Waals surface area contributed by atoms with E-state index < -0.39 is 21.7 Å². The van der Waals surface area contributed by atoms with E-state index in [1.165, 1.54) is 43.1 Å². The van der Waals surface area contributed by atoms with Crippen LogP contribution in [0.1, 0.15) is 0 Å². The predicted molar refractivity (Wildman–Crippen MR) is 97.3 cm³/mol. The monoisotopic (exact) mass is 414 g/mol. The highest BCUT2D eigenvalue weighted by molar-refractivity contribution is 7.90. The summed E-state index contributed by atoms with van der Waals surface area (Å²) < 4.78 is 68.6. The van der Waals surface area contributed by atoms with E-state index in [2.05, 4.69) is 4.40 Å². The number of nitrogens with zero attached hydrogens (tertiary/aromatic N) is 2. The molecular formula is C17H16F2N2O4S2. The lowest BCUT2D eigenvalue weighted by molar-refractivity contribution is 0.187. The molecule has 0 aliphatic heterocycles. The van der Waals surface area contributed by atoms with Crippen molar-refractivity contribution in [1.82, 2.24) is 4.57 Å². The quantitative estimate of drug-likeness (QED) is 0.622. The van der Waals surface area contributed by atoms with Gasteiger partial charge in [-0.1, -0.05) is 11.3 Å². The van der Waals surface area contributed by atoms with E-state index in [4.69, 9.17) is 9.47 Å². The van der Waals surface area contributed by atoms with Gasteiger partial charge in [-0.05, 0) is 30.3 Å². The van der Waals surface area contributed by atoms with Crippen LogP contribution in [0.4, 0.5) is 8.78 Å². The Kier molecular flexibility index (Phi) is 5.59. The zero-order valence-corrected chi connectivity index (χ0v) is 16.1. The summed E-state index contributed by atoms with van der Waals surface area (Å²) in [5.74, 6) is -1.03. The fraction of sp³-hybridized carbons (Fsp3) is 0.235. The number of methoxy groups -OCH3 is 2. The average molecular weight is 414 g/mol. The molecule has 27 heavy (non-hydrogen) atoms. The summed E-state index contributed by atoms with van der Waals surface area (Å²) in [4.78, 5) is -0.00642. The molecule has 0 bridgehead atoms. The Morgan fingerprint density at radius 1 is 1.15 bits per heavy atom. The van der Waals surface area contributed by atoms with E-state index in [-0.39, 0.29) is 33.1 Å². The predicted octanol–water partition coefficient (Wildman–Crippen LogP) is 2.93. The van der Waals surface area contributed by atoms with E-state index in [0.29, 0.717) is 5.75 Å². The average Bonchev–Trinajstić information content (AvgIpc) is 2.96. The van der Waals surface area contributed by atoms with Gasteiger partial charge in [-0.2, -0.15) is 8.42 Å². The van der Waals surface area contributed by atoms with Gasteiger partial charge >= 0.3 is 0 Å². The molecule has 0 aliphatic rings. The van der Waals surface area contributed by atoms with Gasteiger partial charge in [0, 0.05) is 19.7 Å². The minimum absolute atomic E-state index is 0.0300. The summed E-state index contributed by atoms with van der Waals surface area (Å²) in [7, 11) is -1.12. The van der Waals surface area contributed by atoms with Crippen LogP contribution < -0.4 is 9.54 Å². The van der Waals surface area contributed by atoms with Crippen molar-refractivity contribution in [2.45, 2.75) is 11.4 Å². The zero-order chi connectivity index (χ0) is 19.6.